The maximum absolute atomic E-state index is 12.4. The van der Waals surface area contributed by atoms with Crippen LogP contribution >= 0.6 is 0 Å². The van der Waals surface area contributed by atoms with Crippen LogP contribution in [-0.4, -0.2) is 60.3 Å². The second kappa shape index (κ2) is 9.38. The summed E-state index contributed by atoms with van der Waals surface area (Å²) in [7, 11) is 3.52. The number of ether oxygens (including phenoxy) is 2. The Kier molecular flexibility index (Phi) is 6.87. The Morgan fingerprint density at radius 1 is 1.27 bits per heavy atom. The van der Waals surface area contributed by atoms with Gasteiger partial charge in [-0.3, -0.25) is 9.78 Å². The zero-order valence-electron chi connectivity index (χ0n) is 18.5. The van der Waals surface area contributed by atoms with Crippen molar-refractivity contribution in [2.24, 2.45) is 0 Å². The van der Waals surface area contributed by atoms with Crippen molar-refractivity contribution in [1.29, 1.82) is 0 Å². The molecule has 0 spiro atoms. The van der Waals surface area contributed by atoms with E-state index in [0.29, 0.717) is 17.3 Å². The lowest BCUT2D eigenvalue weighted by Crippen LogP contribution is -2.45. The van der Waals surface area contributed by atoms with Gasteiger partial charge < -0.3 is 19.7 Å². The number of aromatic nitrogens is 3. The summed E-state index contributed by atoms with van der Waals surface area (Å²) in [6.07, 6.45) is 4.59. The van der Waals surface area contributed by atoms with Crippen LogP contribution in [0.15, 0.2) is 18.3 Å². The molecule has 2 aromatic rings. The monoisotopic (exact) mass is 413 g/mol. The fraction of sp³-hybridized carbons (Fsp3) is 0.545. The molecular weight excluding hydrogens is 382 g/mol. The van der Waals surface area contributed by atoms with E-state index in [0.717, 1.165) is 49.6 Å². The lowest BCUT2D eigenvalue weighted by atomic mass is 10.1. The Balaban J connectivity index is 0.000000782. The molecule has 1 aliphatic heterocycles. The predicted molar refractivity (Wildman–Crippen MR) is 116 cm³/mol. The first kappa shape index (κ1) is 22.0. The quantitative estimate of drug-likeness (QED) is 0.753. The van der Waals surface area contributed by atoms with E-state index in [1.165, 1.54) is 0 Å². The van der Waals surface area contributed by atoms with Gasteiger partial charge in [-0.05, 0) is 46.1 Å². The van der Waals surface area contributed by atoms with Gasteiger partial charge in [0, 0.05) is 36.1 Å². The number of nitrogens with one attached hydrogen (secondary N) is 1. The molecule has 8 heteroatoms. The van der Waals surface area contributed by atoms with Crippen LogP contribution in [0, 0.1) is 0 Å². The Hall–Kier alpha value is -2.74. The molecule has 4 rings (SSSR count). The molecule has 0 bridgehead atoms. The molecule has 30 heavy (non-hydrogen) atoms. The number of epoxide rings is 1. The third kappa shape index (κ3) is 6.13. The van der Waals surface area contributed by atoms with Crippen molar-refractivity contribution in [3.8, 4) is 17.3 Å². The molecule has 1 saturated heterocycles. The molecule has 1 fully saturated rings. The highest BCUT2D eigenvalue weighted by Gasteiger charge is 2.24. The maximum Gasteiger partial charge on any atom is 0.239 e. The molecule has 3 heterocycles. The molecular formula is C22H31N5O3. The Bertz CT molecular complexity index is 890. The number of carbonyl (C=O) groups is 1. The normalized spacial score (nSPS) is 14.3. The largest absolute Gasteiger partial charge is 0.497 e. The summed E-state index contributed by atoms with van der Waals surface area (Å²) >= 11 is 0. The van der Waals surface area contributed by atoms with Crippen molar-refractivity contribution in [3.05, 3.63) is 29.6 Å². The molecule has 8 nitrogen and oxygen atoms in total. The summed E-state index contributed by atoms with van der Waals surface area (Å²) in [4.78, 5) is 28.1. The van der Waals surface area contributed by atoms with Crippen LogP contribution < -0.4 is 15.0 Å². The minimum atomic E-state index is -0.263. The average Bonchev–Trinajstić information content (AvgIpc) is 3.50. The van der Waals surface area contributed by atoms with Crippen molar-refractivity contribution in [2.45, 2.75) is 45.6 Å². The SMILES string of the molecule is C1CO1.COc1ccnc(-c2nc3c(c(N(C)CC(=O)NC(C)(C)C)n2)CCC3)c1. The number of pyridine rings is 1. The van der Waals surface area contributed by atoms with Crippen molar-refractivity contribution in [1.82, 2.24) is 20.3 Å². The second-order valence-electron chi connectivity index (χ2n) is 8.50. The van der Waals surface area contributed by atoms with Gasteiger partial charge in [0.25, 0.3) is 0 Å². The van der Waals surface area contributed by atoms with Crippen LogP contribution in [0.3, 0.4) is 0 Å². The molecule has 0 saturated carbocycles. The molecule has 1 amide bonds. The number of likely N-dealkylation sites (N-methyl/N-ethyl adjacent to an activating group) is 1. The van der Waals surface area contributed by atoms with E-state index in [1.807, 2.05) is 38.8 Å². The summed E-state index contributed by atoms with van der Waals surface area (Å²) in [5, 5.41) is 3.00. The van der Waals surface area contributed by atoms with Crippen molar-refractivity contribution in [2.75, 3.05) is 38.8 Å². The van der Waals surface area contributed by atoms with Gasteiger partial charge in [-0.2, -0.15) is 0 Å². The molecule has 0 aromatic carbocycles. The smallest absolute Gasteiger partial charge is 0.239 e. The summed E-state index contributed by atoms with van der Waals surface area (Å²) in [6, 6.07) is 3.62. The number of carbonyl (C=O) groups excluding carboxylic acids is 1. The number of aryl methyl sites for hydroxylation is 1. The number of rotatable bonds is 5. The van der Waals surface area contributed by atoms with Crippen LogP contribution in [0.4, 0.5) is 5.82 Å². The third-order valence-corrected chi connectivity index (χ3v) is 4.57. The Labute approximate surface area is 178 Å². The van der Waals surface area contributed by atoms with Gasteiger partial charge in [0.05, 0.1) is 26.9 Å². The van der Waals surface area contributed by atoms with Gasteiger partial charge in [0.2, 0.25) is 5.91 Å². The Morgan fingerprint density at radius 3 is 2.63 bits per heavy atom. The molecule has 0 unspecified atom stereocenters. The first-order chi connectivity index (χ1) is 14.3. The molecule has 2 aromatic heterocycles. The van der Waals surface area contributed by atoms with Crippen LogP contribution in [0.5, 0.6) is 5.75 Å². The van der Waals surface area contributed by atoms with Crippen molar-refractivity contribution in [3.63, 3.8) is 0 Å². The number of nitrogens with zero attached hydrogens (tertiary/aromatic N) is 4. The summed E-state index contributed by atoms with van der Waals surface area (Å²) in [6.45, 7) is 8.16. The molecule has 2 aliphatic rings. The fourth-order valence-electron chi connectivity index (χ4n) is 3.25. The summed E-state index contributed by atoms with van der Waals surface area (Å²) < 4.78 is 9.79. The highest BCUT2D eigenvalue weighted by Crippen LogP contribution is 2.31. The third-order valence-electron chi connectivity index (χ3n) is 4.57. The van der Waals surface area contributed by atoms with E-state index in [1.54, 1.807) is 19.4 Å². The van der Waals surface area contributed by atoms with Crippen molar-refractivity contribution >= 4 is 11.7 Å². The van der Waals surface area contributed by atoms with Gasteiger partial charge in [0.15, 0.2) is 5.82 Å². The number of hydrogen-bond donors (Lipinski definition) is 1. The number of anilines is 1. The minimum absolute atomic E-state index is 0.0311. The molecule has 162 valence electrons. The first-order valence-electron chi connectivity index (χ1n) is 10.3. The Morgan fingerprint density at radius 2 is 2.00 bits per heavy atom. The van der Waals surface area contributed by atoms with E-state index >= 15 is 0 Å². The van der Waals surface area contributed by atoms with Gasteiger partial charge in [-0.15, -0.1) is 0 Å². The molecule has 0 radical (unpaired) electrons. The van der Waals surface area contributed by atoms with Crippen molar-refractivity contribution < 1.29 is 14.3 Å². The fourth-order valence-corrected chi connectivity index (χ4v) is 3.25. The molecule has 1 aliphatic carbocycles. The van der Waals surface area contributed by atoms with Crippen LogP contribution in [0.25, 0.3) is 11.5 Å². The van der Waals surface area contributed by atoms with Crippen LogP contribution in [-0.2, 0) is 22.4 Å². The van der Waals surface area contributed by atoms with E-state index in [2.05, 4.69) is 15.0 Å². The topological polar surface area (TPSA) is 92.8 Å². The van der Waals surface area contributed by atoms with E-state index in [4.69, 9.17) is 14.7 Å². The number of methoxy groups -OCH3 is 1. The number of amides is 1. The predicted octanol–water partition coefficient (Wildman–Crippen LogP) is 2.40. The molecule has 0 atom stereocenters. The standard InChI is InChI=1S/C20H27N5O2.C2H4O/c1-20(2,3)24-17(26)12-25(4)19-14-7-6-8-15(14)22-18(23-19)16-11-13(27-5)9-10-21-16;1-2-3-1/h9-11H,6-8,12H2,1-5H3,(H,24,26);1-2H2. The van der Waals surface area contributed by atoms with Gasteiger partial charge >= 0.3 is 0 Å². The van der Waals surface area contributed by atoms with E-state index in [9.17, 15) is 4.79 Å². The van der Waals surface area contributed by atoms with E-state index < -0.39 is 0 Å². The zero-order valence-corrected chi connectivity index (χ0v) is 18.5. The van der Waals surface area contributed by atoms with Gasteiger partial charge in [-0.1, -0.05) is 0 Å². The highest BCUT2D eigenvalue weighted by atomic mass is 16.6. The van der Waals surface area contributed by atoms with Crippen LogP contribution in [0.2, 0.25) is 0 Å². The van der Waals surface area contributed by atoms with Crippen LogP contribution in [0.1, 0.15) is 38.4 Å². The molecule has 1 N–H and O–H groups in total. The number of hydrogen-bond acceptors (Lipinski definition) is 7. The highest BCUT2D eigenvalue weighted by molar-refractivity contribution is 5.82. The lowest BCUT2D eigenvalue weighted by Gasteiger charge is -2.25. The van der Waals surface area contributed by atoms with Gasteiger partial charge in [-0.25, -0.2) is 9.97 Å². The zero-order chi connectivity index (χ0) is 21.7. The van der Waals surface area contributed by atoms with E-state index in [-0.39, 0.29) is 18.0 Å². The lowest BCUT2D eigenvalue weighted by molar-refractivity contribution is -0.121. The summed E-state index contributed by atoms with van der Waals surface area (Å²) in [5.41, 5.74) is 2.58. The number of fused-ring (bicyclic) bond motifs is 1. The summed E-state index contributed by atoms with van der Waals surface area (Å²) in [5.74, 6) is 2.05. The second-order valence-corrected chi connectivity index (χ2v) is 8.50. The maximum atomic E-state index is 12.4. The van der Waals surface area contributed by atoms with Gasteiger partial charge in [0.1, 0.15) is 17.3 Å². The average molecular weight is 414 g/mol. The minimum Gasteiger partial charge on any atom is -0.497 e. The first-order valence-corrected chi connectivity index (χ1v) is 10.3.